The molecule has 5 heteroatoms. The SMILES string of the molecule is CC(C)(C)N.CC[SiH](CC)[Hf]([CH2]Nc1ccccc1)[C]1=C(C)C=CC1.[Zr][C]1=CC=CC1. The average molecular weight is 680 g/mol. The van der Waals surface area contributed by atoms with E-state index >= 15 is 0 Å². The average Bonchev–Trinajstić information content (AvgIpc) is 3.36. The molecule has 2 aliphatic carbocycles. The molecule has 0 bridgehead atoms. The zero-order valence-electron chi connectivity index (χ0n) is 20.5. The van der Waals surface area contributed by atoms with E-state index in [2.05, 4.69) is 86.8 Å². The molecule has 168 valence electrons. The van der Waals surface area contributed by atoms with Gasteiger partial charge in [-0.15, -0.1) is 0 Å². The summed E-state index contributed by atoms with van der Waals surface area (Å²) in [6, 6.07) is 13.7. The van der Waals surface area contributed by atoms with Crippen LogP contribution in [0, 0.1) is 0 Å². The number of hydrogen-bond acceptors (Lipinski definition) is 2. The van der Waals surface area contributed by atoms with Gasteiger partial charge in [-0.1, -0.05) is 0 Å². The summed E-state index contributed by atoms with van der Waals surface area (Å²) in [6.45, 7) is 13.1. The minimum absolute atomic E-state index is 0. The Morgan fingerprint density at radius 3 is 2.06 bits per heavy atom. The zero-order valence-corrected chi connectivity index (χ0v) is 27.7. The van der Waals surface area contributed by atoms with Crippen LogP contribution >= 0.6 is 0 Å². The minimum atomic E-state index is -1.62. The van der Waals surface area contributed by atoms with Gasteiger partial charge >= 0.3 is 185 Å². The number of nitrogens with one attached hydrogen (secondary N) is 1. The van der Waals surface area contributed by atoms with Gasteiger partial charge in [0, 0.05) is 5.54 Å². The van der Waals surface area contributed by atoms with Crippen molar-refractivity contribution in [2.75, 3.05) is 9.62 Å². The van der Waals surface area contributed by atoms with Gasteiger partial charge in [-0.05, 0) is 20.8 Å². The van der Waals surface area contributed by atoms with Crippen LogP contribution in [0.1, 0.15) is 54.4 Å². The molecular weight excluding hydrogens is 638 g/mol. The van der Waals surface area contributed by atoms with Crippen LogP contribution < -0.4 is 11.1 Å². The van der Waals surface area contributed by atoms with E-state index in [1.54, 1.807) is 33.6 Å². The summed E-state index contributed by atoms with van der Waals surface area (Å²) in [6.07, 6.45) is 13.7. The number of anilines is 1. The van der Waals surface area contributed by atoms with Crippen LogP contribution in [0.5, 0.6) is 0 Å². The Kier molecular flexibility index (Phi) is 14.7. The molecule has 1 aromatic rings. The first-order valence-corrected chi connectivity index (χ1v) is 25.5. The third kappa shape index (κ3) is 13.3. The number of benzene rings is 1. The fraction of sp³-hybridized carbons (Fsp3) is 0.462. The summed E-state index contributed by atoms with van der Waals surface area (Å²) in [5, 5.41) is 3.76. The van der Waals surface area contributed by atoms with Crippen LogP contribution in [0.25, 0.3) is 0 Å². The predicted octanol–water partition coefficient (Wildman–Crippen LogP) is 6.79. The maximum atomic E-state index is 5.35. The summed E-state index contributed by atoms with van der Waals surface area (Å²) >= 11 is -0.0605. The molecule has 0 aromatic heterocycles. The van der Waals surface area contributed by atoms with Gasteiger partial charge in [-0.25, -0.2) is 0 Å². The van der Waals surface area contributed by atoms with Crippen molar-refractivity contribution in [3.63, 3.8) is 0 Å². The van der Waals surface area contributed by atoms with Crippen molar-refractivity contribution in [2.45, 2.75) is 72.0 Å². The standard InChI is InChI=1S/C7H8N.C6H7.C5H5.C4H11N.C4H11Si.Hf.Zr/c1-8-7-5-3-2-4-6-7;1-6-4-2-3-5-6;1-2-4-5-3-1;1-4(2,3)5;1-3-5-4-2;;/h2-6,8H,1H2;2,4H,3H2,1H3;1-3H,4H2;5H2,1-3H3;5H,3-4H2,1-2H3;;. The molecule has 0 radical (unpaired) electrons. The summed E-state index contributed by atoms with van der Waals surface area (Å²) in [5.41, 5.74) is 8.27. The number of nitrogens with two attached hydrogens (primary N) is 1. The Morgan fingerprint density at radius 2 is 1.68 bits per heavy atom. The molecular formula is C26H42HfN2SiZr. The van der Waals surface area contributed by atoms with Crippen LogP contribution in [-0.4, -0.2) is 15.8 Å². The fourth-order valence-electron chi connectivity index (χ4n) is 3.48. The number of rotatable bonds is 7. The molecule has 0 amide bonds. The molecule has 0 fully saturated rings. The summed E-state index contributed by atoms with van der Waals surface area (Å²) < 4.78 is 4.79. The molecule has 0 aliphatic heterocycles. The molecule has 0 unspecified atom stereocenters. The van der Waals surface area contributed by atoms with E-state index in [-0.39, 0.29) is 5.54 Å². The number of para-hydroxylation sites is 1. The predicted molar refractivity (Wildman–Crippen MR) is 135 cm³/mol. The third-order valence-electron chi connectivity index (χ3n) is 5.06. The van der Waals surface area contributed by atoms with E-state index < -0.39 is 26.6 Å². The van der Waals surface area contributed by atoms with Crippen molar-refractivity contribution in [3.8, 4) is 0 Å². The normalized spacial score (nSPS) is 14.6. The van der Waals surface area contributed by atoms with E-state index in [9.17, 15) is 0 Å². The first-order chi connectivity index (χ1) is 14.7. The van der Waals surface area contributed by atoms with Gasteiger partial charge in [0.1, 0.15) is 0 Å². The van der Waals surface area contributed by atoms with Crippen molar-refractivity contribution in [1.82, 2.24) is 0 Å². The Labute approximate surface area is 215 Å². The van der Waals surface area contributed by atoms with E-state index in [0.29, 0.717) is 0 Å². The van der Waals surface area contributed by atoms with Crippen molar-refractivity contribution >= 4 is 11.7 Å². The molecule has 0 spiro atoms. The first kappa shape index (κ1) is 28.9. The molecule has 3 N–H and O–H groups in total. The Morgan fingerprint density at radius 1 is 1.06 bits per heavy atom. The van der Waals surface area contributed by atoms with Gasteiger partial charge in [0.15, 0.2) is 0 Å². The molecule has 0 heterocycles. The van der Waals surface area contributed by atoms with Crippen LogP contribution in [0.15, 0.2) is 72.9 Å². The quantitative estimate of drug-likeness (QED) is 0.312. The molecule has 0 saturated carbocycles. The number of hydrogen-bond donors (Lipinski definition) is 2. The van der Waals surface area contributed by atoms with E-state index in [4.69, 9.17) is 5.73 Å². The van der Waals surface area contributed by atoms with Gasteiger partial charge in [0.05, 0.1) is 0 Å². The van der Waals surface area contributed by atoms with Gasteiger partial charge in [0.2, 0.25) is 0 Å². The molecule has 2 aliphatic rings. The van der Waals surface area contributed by atoms with Crippen LogP contribution in [0.3, 0.4) is 0 Å². The topological polar surface area (TPSA) is 38.0 Å². The number of allylic oxidation sites excluding steroid dienone is 8. The second kappa shape index (κ2) is 15.7. The first-order valence-electron chi connectivity index (χ1n) is 11.5. The van der Waals surface area contributed by atoms with Crippen molar-refractivity contribution < 1.29 is 45.3 Å². The molecule has 0 atom stereocenters. The van der Waals surface area contributed by atoms with Crippen LogP contribution in [0.4, 0.5) is 5.69 Å². The molecule has 1 aromatic carbocycles. The van der Waals surface area contributed by atoms with Crippen LogP contribution in [0.2, 0.25) is 12.1 Å². The van der Waals surface area contributed by atoms with Gasteiger partial charge in [-0.3, -0.25) is 0 Å². The van der Waals surface area contributed by atoms with E-state index in [1.807, 2.05) is 24.1 Å². The summed E-state index contributed by atoms with van der Waals surface area (Å²) in [4.78, 5) is 0. The zero-order chi connectivity index (χ0) is 23.3. The van der Waals surface area contributed by atoms with Gasteiger partial charge < -0.3 is 5.73 Å². The second-order valence-corrected chi connectivity index (χ2v) is 35.5. The third-order valence-corrected chi connectivity index (χ3v) is 39.8. The van der Waals surface area contributed by atoms with Crippen molar-refractivity contribution in [1.29, 1.82) is 0 Å². The molecule has 3 rings (SSSR count). The fourth-order valence-corrected chi connectivity index (χ4v) is 34.7. The van der Waals surface area contributed by atoms with Crippen LogP contribution in [-0.2, 0) is 45.3 Å². The molecule has 0 saturated heterocycles. The molecule has 31 heavy (non-hydrogen) atoms. The van der Waals surface area contributed by atoms with Crippen molar-refractivity contribution in [3.05, 3.63) is 72.9 Å². The molecule has 2 nitrogen and oxygen atoms in total. The monoisotopic (exact) mass is 680 g/mol. The Balaban J connectivity index is 0.000000357. The second-order valence-electron chi connectivity index (χ2n) is 9.22. The van der Waals surface area contributed by atoms with Gasteiger partial charge in [-0.2, -0.15) is 0 Å². The van der Waals surface area contributed by atoms with E-state index in [0.717, 1.165) is 0 Å². The van der Waals surface area contributed by atoms with Crippen molar-refractivity contribution in [2.24, 2.45) is 5.73 Å². The Hall–Kier alpha value is -0.0899. The maximum absolute atomic E-state index is 5.35. The van der Waals surface area contributed by atoms with Gasteiger partial charge in [0.25, 0.3) is 0 Å². The van der Waals surface area contributed by atoms with E-state index in [1.165, 1.54) is 34.9 Å². The summed E-state index contributed by atoms with van der Waals surface area (Å²) in [7, 11) is 0. The Bertz CT molecular complexity index is 753. The summed E-state index contributed by atoms with van der Waals surface area (Å²) in [5.74, 6) is -0.487.